The van der Waals surface area contributed by atoms with E-state index < -0.39 is 29.0 Å². The molecule has 0 radical (unpaired) electrons. The molecule has 0 saturated carbocycles. The van der Waals surface area contributed by atoms with Crippen LogP contribution in [0.25, 0.3) is 0 Å². The predicted molar refractivity (Wildman–Crippen MR) is 70.5 cm³/mol. The van der Waals surface area contributed by atoms with Gasteiger partial charge in [-0.3, -0.25) is 10.1 Å². The highest BCUT2D eigenvalue weighted by molar-refractivity contribution is 6.62. The number of benzene rings is 1. The highest BCUT2D eigenvalue weighted by atomic mass is 16.7. The van der Waals surface area contributed by atoms with Crippen LogP contribution in [0, 0.1) is 10.1 Å². The van der Waals surface area contributed by atoms with Gasteiger partial charge in [0, 0.05) is 6.07 Å². The number of rotatable bonds is 2. The van der Waals surface area contributed by atoms with E-state index in [9.17, 15) is 15.2 Å². The zero-order valence-corrected chi connectivity index (χ0v) is 11.3. The molecular formula is C12H16BNO5. The first-order valence-electron chi connectivity index (χ1n) is 5.97. The maximum Gasteiger partial charge on any atom is 0.494 e. The van der Waals surface area contributed by atoms with Gasteiger partial charge in [-0.15, -0.1) is 0 Å². The summed E-state index contributed by atoms with van der Waals surface area (Å²) < 4.78 is 11.6. The van der Waals surface area contributed by atoms with Gasteiger partial charge in [0.1, 0.15) is 0 Å². The number of phenols is 1. The Labute approximate surface area is 111 Å². The van der Waals surface area contributed by atoms with E-state index in [4.69, 9.17) is 9.31 Å². The molecule has 19 heavy (non-hydrogen) atoms. The summed E-state index contributed by atoms with van der Waals surface area (Å²) in [5.74, 6) is -0.391. The molecule has 0 atom stereocenters. The summed E-state index contributed by atoms with van der Waals surface area (Å²) in [4.78, 5) is 10.0. The normalized spacial score (nSPS) is 20.5. The van der Waals surface area contributed by atoms with Crippen molar-refractivity contribution in [2.75, 3.05) is 0 Å². The van der Waals surface area contributed by atoms with Crippen molar-refractivity contribution in [1.29, 1.82) is 0 Å². The fraction of sp³-hybridized carbons (Fsp3) is 0.500. The van der Waals surface area contributed by atoms with Crippen LogP contribution in [0.4, 0.5) is 5.69 Å². The average molecular weight is 265 g/mol. The maximum atomic E-state index is 10.6. The van der Waals surface area contributed by atoms with E-state index in [0.717, 1.165) is 0 Å². The molecule has 1 N–H and O–H groups in total. The smallest absolute Gasteiger partial charge is 0.494 e. The van der Waals surface area contributed by atoms with Crippen LogP contribution in [0.5, 0.6) is 5.75 Å². The van der Waals surface area contributed by atoms with Crippen LogP contribution in [-0.4, -0.2) is 28.4 Å². The van der Waals surface area contributed by atoms with Gasteiger partial charge in [0.15, 0.2) is 5.75 Å². The van der Waals surface area contributed by atoms with E-state index >= 15 is 0 Å². The third kappa shape index (κ3) is 2.31. The molecule has 1 fully saturated rings. The fourth-order valence-corrected chi connectivity index (χ4v) is 1.82. The molecule has 1 aromatic carbocycles. The molecule has 6 nitrogen and oxygen atoms in total. The Kier molecular flexibility index (Phi) is 3.06. The molecule has 2 rings (SSSR count). The summed E-state index contributed by atoms with van der Waals surface area (Å²) in [6, 6.07) is 4.08. The van der Waals surface area contributed by atoms with Gasteiger partial charge in [-0.25, -0.2) is 0 Å². The second-order valence-electron chi connectivity index (χ2n) is 5.59. The van der Waals surface area contributed by atoms with Crippen LogP contribution < -0.4 is 5.46 Å². The maximum absolute atomic E-state index is 10.6. The Morgan fingerprint density at radius 2 is 1.74 bits per heavy atom. The predicted octanol–water partition coefficient (Wildman–Crippen LogP) is 1.60. The van der Waals surface area contributed by atoms with Gasteiger partial charge in [0.05, 0.1) is 16.1 Å². The van der Waals surface area contributed by atoms with Crippen molar-refractivity contribution in [3.05, 3.63) is 28.3 Å². The number of hydrogen-bond acceptors (Lipinski definition) is 5. The highest BCUT2D eigenvalue weighted by Crippen LogP contribution is 2.37. The van der Waals surface area contributed by atoms with Gasteiger partial charge in [-0.1, -0.05) is 6.07 Å². The zero-order chi connectivity index (χ0) is 14.4. The average Bonchev–Trinajstić information content (AvgIpc) is 2.47. The number of nitro benzene ring substituents is 1. The molecule has 0 amide bonds. The van der Waals surface area contributed by atoms with Crippen molar-refractivity contribution in [2.45, 2.75) is 38.9 Å². The van der Waals surface area contributed by atoms with E-state index in [1.165, 1.54) is 18.2 Å². The monoisotopic (exact) mass is 265 g/mol. The van der Waals surface area contributed by atoms with Crippen LogP contribution in [-0.2, 0) is 9.31 Å². The Morgan fingerprint density at radius 3 is 2.16 bits per heavy atom. The topological polar surface area (TPSA) is 81.8 Å². The summed E-state index contributed by atoms with van der Waals surface area (Å²) >= 11 is 0. The lowest BCUT2D eigenvalue weighted by molar-refractivity contribution is -0.385. The second-order valence-corrected chi connectivity index (χ2v) is 5.59. The molecule has 7 heteroatoms. The largest absolute Gasteiger partial charge is 0.502 e. The third-order valence-corrected chi connectivity index (χ3v) is 3.72. The molecule has 1 heterocycles. The lowest BCUT2D eigenvalue weighted by Gasteiger charge is -2.32. The lowest BCUT2D eigenvalue weighted by atomic mass is 9.79. The Hall–Kier alpha value is -1.60. The standard InChI is InChI=1S/C12H16BNO5/c1-11(2)12(3,4)19-13(18-11)8-5-6-9(14(16)17)10(15)7-8/h5-7,15H,1-4H3. The van der Waals surface area contributed by atoms with Crippen LogP contribution in [0.15, 0.2) is 18.2 Å². The van der Waals surface area contributed by atoms with Crippen LogP contribution in [0.3, 0.4) is 0 Å². The summed E-state index contributed by atoms with van der Waals surface area (Å²) in [5, 5.41) is 20.3. The Bertz CT molecular complexity index is 513. The van der Waals surface area contributed by atoms with Gasteiger partial charge in [0.2, 0.25) is 0 Å². The molecule has 1 saturated heterocycles. The highest BCUT2D eigenvalue weighted by Gasteiger charge is 2.51. The molecule has 1 aromatic rings. The fourth-order valence-electron chi connectivity index (χ4n) is 1.82. The van der Waals surface area contributed by atoms with E-state index in [-0.39, 0.29) is 5.69 Å². The number of phenolic OH excluding ortho intramolecular Hbond substituents is 1. The van der Waals surface area contributed by atoms with E-state index in [1.807, 2.05) is 27.7 Å². The molecule has 0 aliphatic carbocycles. The van der Waals surface area contributed by atoms with Crippen molar-refractivity contribution >= 4 is 18.3 Å². The summed E-state index contributed by atoms with van der Waals surface area (Å²) in [5.41, 5.74) is -0.758. The van der Waals surface area contributed by atoms with E-state index in [1.54, 1.807) is 0 Å². The van der Waals surface area contributed by atoms with Crippen LogP contribution in [0.1, 0.15) is 27.7 Å². The molecule has 102 valence electrons. The Morgan fingerprint density at radius 1 is 1.21 bits per heavy atom. The molecule has 0 spiro atoms. The molecular weight excluding hydrogens is 249 g/mol. The van der Waals surface area contributed by atoms with Crippen molar-refractivity contribution in [2.24, 2.45) is 0 Å². The summed E-state index contributed by atoms with van der Waals surface area (Å²) in [6.45, 7) is 7.66. The molecule has 0 unspecified atom stereocenters. The second kappa shape index (κ2) is 4.21. The van der Waals surface area contributed by atoms with Crippen molar-refractivity contribution in [3.63, 3.8) is 0 Å². The van der Waals surface area contributed by atoms with Crippen molar-refractivity contribution < 1.29 is 19.3 Å². The van der Waals surface area contributed by atoms with Crippen LogP contribution >= 0.6 is 0 Å². The molecule has 1 aliphatic rings. The Balaban J connectivity index is 2.31. The minimum absolute atomic E-state index is 0.333. The number of aromatic hydroxyl groups is 1. The lowest BCUT2D eigenvalue weighted by Crippen LogP contribution is -2.41. The first-order valence-corrected chi connectivity index (χ1v) is 5.97. The summed E-state index contributed by atoms with van der Waals surface area (Å²) in [7, 11) is -0.642. The van der Waals surface area contributed by atoms with Crippen molar-refractivity contribution in [1.82, 2.24) is 0 Å². The number of nitro groups is 1. The molecule has 1 aliphatic heterocycles. The van der Waals surface area contributed by atoms with Gasteiger partial charge in [-0.2, -0.15) is 0 Å². The quantitative estimate of drug-likeness (QED) is 0.499. The van der Waals surface area contributed by atoms with Gasteiger partial charge in [-0.05, 0) is 39.2 Å². The van der Waals surface area contributed by atoms with E-state index in [0.29, 0.717) is 5.46 Å². The first kappa shape index (κ1) is 13.8. The number of hydrogen-bond donors (Lipinski definition) is 1. The van der Waals surface area contributed by atoms with Gasteiger partial charge < -0.3 is 14.4 Å². The summed E-state index contributed by atoms with van der Waals surface area (Å²) in [6.07, 6.45) is 0. The van der Waals surface area contributed by atoms with Gasteiger partial charge >= 0.3 is 12.8 Å². The first-order chi connectivity index (χ1) is 8.64. The van der Waals surface area contributed by atoms with Gasteiger partial charge in [0.25, 0.3) is 0 Å². The van der Waals surface area contributed by atoms with Crippen molar-refractivity contribution in [3.8, 4) is 5.75 Å². The minimum Gasteiger partial charge on any atom is -0.502 e. The zero-order valence-electron chi connectivity index (χ0n) is 11.3. The van der Waals surface area contributed by atoms with Crippen LogP contribution in [0.2, 0.25) is 0 Å². The molecule has 0 bridgehead atoms. The molecule has 0 aromatic heterocycles. The SMILES string of the molecule is CC1(C)OB(c2ccc([N+](=O)[O-])c(O)c2)OC1(C)C. The van der Waals surface area contributed by atoms with E-state index in [2.05, 4.69) is 0 Å². The number of nitrogens with zero attached hydrogens (tertiary/aromatic N) is 1. The minimum atomic E-state index is -0.642. The third-order valence-electron chi connectivity index (χ3n) is 3.72.